The average Bonchev–Trinajstić information content (AvgIpc) is 2.40. The van der Waals surface area contributed by atoms with E-state index in [1.165, 1.54) is 0 Å². The van der Waals surface area contributed by atoms with Gasteiger partial charge in [-0.1, -0.05) is 5.16 Å². The third kappa shape index (κ3) is 1.78. The molecule has 4 heteroatoms. The number of aromatic nitrogens is 1. The van der Waals surface area contributed by atoms with Crippen molar-refractivity contribution in [2.24, 2.45) is 5.73 Å². The smallest absolute Gasteiger partial charge is 0.128 e. The van der Waals surface area contributed by atoms with Crippen LogP contribution >= 0.6 is 0 Å². The van der Waals surface area contributed by atoms with Crippen LogP contribution in [0.4, 0.5) is 0 Å². The average molecular weight is 155 g/mol. The minimum absolute atomic E-state index is 0.209. The Balaban J connectivity index is 2.71. The molecule has 0 bridgehead atoms. The van der Waals surface area contributed by atoms with E-state index < -0.39 is 0 Å². The maximum Gasteiger partial charge on any atom is 0.128 e. The highest BCUT2D eigenvalue weighted by Gasteiger charge is 2.12. The minimum Gasteiger partial charge on any atom is -0.364 e. The van der Waals surface area contributed by atoms with Crippen molar-refractivity contribution in [2.45, 2.75) is 6.04 Å². The van der Waals surface area contributed by atoms with Crippen LogP contribution in [0.1, 0.15) is 11.6 Å². The van der Waals surface area contributed by atoms with E-state index >= 15 is 0 Å². The first-order valence-corrected chi connectivity index (χ1v) is 3.51. The summed E-state index contributed by atoms with van der Waals surface area (Å²) in [6.07, 6.45) is 3.31. The second-order valence-electron chi connectivity index (χ2n) is 2.67. The van der Waals surface area contributed by atoms with E-state index in [0.717, 1.165) is 5.56 Å². The highest BCUT2D eigenvalue weighted by Crippen LogP contribution is 2.14. The first-order valence-electron chi connectivity index (χ1n) is 3.51. The van der Waals surface area contributed by atoms with Crippen molar-refractivity contribution in [3.8, 4) is 0 Å². The van der Waals surface area contributed by atoms with Gasteiger partial charge in [0.05, 0.1) is 12.2 Å². The van der Waals surface area contributed by atoms with Crippen LogP contribution in [0.3, 0.4) is 0 Å². The first kappa shape index (κ1) is 8.23. The predicted molar refractivity (Wildman–Crippen MR) is 42.0 cm³/mol. The zero-order valence-electron chi connectivity index (χ0n) is 6.82. The van der Waals surface area contributed by atoms with E-state index in [1.54, 1.807) is 12.5 Å². The molecule has 0 aliphatic heterocycles. The molecule has 0 fully saturated rings. The lowest BCUT2D eigenvalue weighted by Gasteiger charge is -2.20. The fourth-order valence-electron chi connectivity index (χ4n) is 1.02. The van der Waals surface area contributed by atoms with Gasteiger partial charge in [0, 0.05) is 12.1 Å². The molecule has 0 radical (unpaired) electrons. The lowest BCUT2D eigenvalue weighted by Crippen LogP contribution is -2.26. The normalized spacial score (nSPS) is 13.8. The van der Waals surface area contributed by atoms with E-state index in [-0.39, 0.29) is 6.04 Å². The van der Waals surface area contributed by atoms with Crippen LogP contribution in [0.2, 0.25) is 0 Å². The van der Waals surface area contributed by atoms with Crippen molar-refractivity contribution in [1.29, 1.82) is 0 Å². The second-order valence-corrected chi connectivity index (χ2v) is 2.67. The molecule has 4 nitrogen and oxygen atoms in total. The molecule has 0 aliphatic rings. The van der Waals surface area contributed by atoms with Gasteiger partial charge in [0.15, 0.2) is 0 Å². The lowest BCUT2D eigenvalue weighted by atomic mass is 10.1. The van der Waals surface area contributed by atoms with Gasteiger partial charge in [-0.05, 0) is 14.1 Å². The van der Waals surface area contributed by atoms with E-state index in [2.05, 4.69) is 5.16 Å². The van der Waals surface area contributed by atoms with E-state index in [1.807, 2.05) is 19.0 Å². The highest BCUT2D eigenvalue weighted by molar-refractivity contribution is 5.07. The quantitative estimate of drug-likeness (QED) is 0.679. The Hall–Kier alpha value is -0.870. The summed E-state index contributed by atoms with van der Waals surface area (Å²) in [6, 6.07) is 0.209. The topological polar surface area (TPSA) is 55.3 Å². The highest BCUT2D eigenvalue weighted by atomic mass is 16.5. The van der Waals surface area contributed by atoms with Crippen LogP contribution in [-0.2, 0) is 0 Å². The molecule has 0 saturated carbocycles. The molecule has 1 aromatic rings. The molecule has 2 N–H and O–H groups in total. The fourth-order valence-corrected chi connectivity index (χ4v) is 1.02. The Morgan fingerprint density at radius 1 is 1.73 bits per heavy atom. The number of hydrogen-bond donors (Lipinski definition) is 1. The number of rotatable bonds is 3. The zero-order valence-corrected chi connectivity index (χ0v) is 6.82. The zero-order chi connectivity index (χ0) is 8.27. The van der Waals surface area contributed by atoms with Gasteiger partial charge in [-0.25, -0.2) is 0 Å². The molecule has 0 aromatic carbocycles. The van der Waals surface area contributed by atoms with E-state index in [0.29, 0.717) is 6.54 Å². The van der Waals surface area contributed by atoms with E-state index in [4.69, 9.17) is 10.3 Å². The van der Waals surface area contributed by atoms with Crippen molar-refractivity contribution >= 4 is 0 Å². The fraction of sp³-hybridized carbons (Fsp3) is 0.571. The largest absolute Gasteiger partial charge is 0.364 e. The molecule has 1 atom stereocenters. The van der Waals surface area contributed by atoms with E-state index in [9.17, 15) is 0 Å². The molecule has 0 saturated heterocycles. The number of nitrogens with two attached hydrogens (primary N) is 1. The van der Waals surface area contributed by atoms with Gasteiger partial charge < -0.3 is 15.2 Å². The second kappa shape index (κ2) is 3.50. The van der Waals surface area contributed by atoms with Gasteiger partial charge in [-0.2, -0.15) is 0 Å². The van der Waals surface area contributed by atoms with Crippen LogP contribution in [0.25, 0.3) is 0 Å². The molecular weight excluding hydrogens is 142 g/mol. The summed E-state index contributed by atoms with van der Waals surface area (Å²) >= 11 is 0. The standard InChI is InChI=1S/C7H13N3O/c1-10(2)7(3-8)6-4-9-11-5-6/h4-5,7H,3,8H2,1-2H3. The third-order valence-electron chi connectivity index (χ3n) is 1.68. The van der Waals surface area contributed by atoms with Crippen molar-refractivity contribution < 1.29 is 4.52 Å². The van der Waals surface area contributed by atoms with Crippen molar-refractivity contribution in [1.82, 2.24) is 10.1 Å². The Kier molecular flexibility index (Phi) is 2.62. The monoisotopic (exact) mass is 155 g/mol. The molecular formula is C7H13N3O. The van der Waals surface area contributed by atoms with Crippen molar-refractivity contribution in [3.63, 3.8) is 0 Å². The van der Waals surface area contributed by atoms with Gasteiger partial charge in [-0.3, -0.25) is 0 Å². The Labute approximate surface area is 66.0 Å². The van der Waals surface area contributed by atoms with Crippen LogP contribution in [0, 0.1) is 0 Å². The molecule has 0 spiro atoms. The maximum absolute atomic E-state index is 5.55. The van der Waals surface area contributed by atoms with Crippen LogP contribution in [0.15, 0.2) is 17.0 Å². The molecule has 1 heterocycles. The molecule has 1 rings (SSSR count). The SMILES string of the molecule is CN(C)C(CN)c1cnoc1. The summed E-state index contributed by atoms with van der Waals surface area (Å²) in [5, 5.41) is 3.62. The third-order valence-corrected chi connectivity index (χ3v) is 1.68. The Morgan fingerprint density at radius 2 is 2.45 bits per heavy atom. The molecule has 1 aromatic heterocycles. The molecule has 62 valence electrons. The Morgan fingerprint density at radius 3 is 2.82 bits per heavy atom. The summed E-state index contributed by atoms with van der Waals surface area (Å²) in [4.78, 5) is 2.03. The molecule has 0 aliphatic carbocycles. The molecule has 1 unspecified atom stereocenters. The summed E-state index contributed by atoms with van der Waals surface area (Å²) in [5.74, 6) is 0. The van der Waals surface area contributed by atoms with Crippen LogP contribution < -0.4 is 5.73 Å². The van der Waals surface area contributed by atoms with Crippen LogP contribution in [0.5, 0.6) is 0 Å². The minimum atomic E-state index is 0.209. The molecule has 0 amide bonds. The molecule has 11 heavy (non-hydrogen) atoms. The lowest BCUT2D eigenvalue weighted by molar-refractivity contribution is 0.304. The summed E-state index contributed by atoms with van der Waals surface area (Å²) in [5.41, 5.74) is 6.58. The van der Waals surface area contributed by atoms with Crippen LogP contribution in [-0.4, -0.2) is 30.7 Å². The summed E-state index contributed by atoms with van der Waals surface area (Å²) in [6.45, 7) is 0.578. The van der Waals surface area contributed by atoms with Crippen molar-refractivity contribution in [2.75, 3.05) is 20.6 Å². The van der Waals surface area contributed by atoms with Gasteiger partial charge in [0.2, 0.25) is 0 Å². The van der Waals surface area contributed by atoms with Crippen molar-refractivity contribution in [3.05, 3.63) is 18.0 Å². The van der Waals surface area contributed by atoms with Gasteiger partial charge >= 0.3 is 0 Å². The first-order chi connectivity index (χ1) is 5.25. The van der Waals surface area contributed by atoms with Gasteiger partial charge in [0.25, 0.3) is 0 Å². The number of likely N-dealkylation sites (N-methyl/N-ethyl adjacent to an activating group) is 1. The number of nitrogens with zero attached hydrogens (tertiary/aromatic N) is 2. The summed E-state index contributed by atoms with van der Waals surface area (Å²) in [7, 11) is 3.95. The van der Waals surface area contributed by atoms with Gasteiger partial charge in [-0.15, -0.1) is 0 Å². The Bertz CT molecular complexity index is 195. The predicted octanol–water partition coefficient (Wildman–Crippen LogP) is 0.236. The maximum atomic E-state index is 5.55. The summed E-state index contributed by atoms with van der Waals surface area (Å²) < 4.78 is 4.72. The number of hydrogen-bond acceptors (Lipinski definition) is 4. The van der Waals surface area contributed by atoms with Gasteiger partial charge in [0.1, 0.15) is 6.26 Å².